The van der Waals surface area contributed by atoms with Gasteiger partial charge in [-0.25, -0.2) is 9.59 Å². The molecule has 1 aliphatic rings. The number of aliphatic imine (C=N–C) groups is 1. The molecule has 0 aliphatic carbocycles. The largest absolute Gasteiger partial charge is 0.453 e. The Balaban J connectivity index is 3.20. The number of nitrogens with zero attached hydrogens (tertiary/aromatic N) is 1. The molecule has 0 aromatic heterocycles. The van der Waals surface area contributed by atoms with E-state index in [0.717, 1.165) is 6.92 Å². The number of cyclic esters (lactones) is 1. The molecule has 552 valence electrons. The van der Waals surface area contributed by atoms with Gasteiger partial charge in [0.25, 0.3) is 0 Å². The zero-order valence-electron chi connectivity index (χ0n) is 58.7. The fourth-order valence-corrected chi connectivity index (χ4v) is 10.2. The van der Waals surface area contributed by atoms with E-state index >= 15 is 14.4 Å². The first-order chi connectivity index (χ1) is 45.5. The van der Waals surface area contributed by atoms with E-state index in [4.69, 9.17) is 26.7 Å². The Morgan fingerprint density at radius 2 is 1.22 bits per heavy atom. The molecule has 1 fully saturated rings. The number of carbonyl (C=O) groups excluding carboxylic acids is 13. The molecule has 12 amide bonds. The normalized spacial score (nSPS) is 24.1. The van der Waals surface area contributed by atoms with Crippen LogP contribution in [0.4, 0.5) is 4.79 Å². The highest BCUT2D eigenvalue weighted by Gasteiger charge is 2.45. The molecule has 1 aliphatic heterocycles. The van der Waals surface area contributed by atoms with Crippen LogP contribution in [0.2, 0.25) is 0 Å². The average Bonchev–Trinajstić information content (AvgIpc) is 0.806. The second-order valence-corrected chi connectivity index (χ2v) is 27.3. The molecule has 1 aromatic rings. The summed E-state index contributed by atoms with van der Waals surface area (Å²) in [7, 11) is 0. The van der Waals surface area contributed by atoms with Gasteiger partial charge in [0.1, 0.15) is 59.5 Å². The second kappa shape index (κ2) is 39.6. The lowest BCUT2D eigenvalue weighted by Crippen LogP contribution is -2.65. The third kappa shape index (κ3) is 28.0. The molecule has 1 saturated heterocycles. The van der Waals surface area contributed by atoms with Crippen molar-refractivity contribution in [2.75, 3.05) is 19.7 Å². The summed E-state index contributed by atoms with van der Waals surface area (Å²) in [5.41, 5.74) is 13.6. The minimum absolute atomic E-state index is 0.00254. The third-order valence-corrected chi connectivity index (χ3v) is 15.5. The van der Waals surface area contributed by atoms with Crippen molar-refractivity contribution < 1.29 is 92.2 Å². The number of benzene rings is 1. The van der Waals surface area contributed by atoms with Crippen molar-refractivity contribution in [3.05, 3.63) is 35.9 Å². The summed E-state index contributed by atoms with van der Waals surface area (Å²) in [5, 5.41) is 71.1. The van der Waals surface area contributed by atoms with Gasteiger partial charge < -0.3 is 106 Å². The maximum Gasteiger partial charge on any atom is 0.408 e. The molecule has 1 aromatic carbocycles. The minimum Gasteiger partial charge on any atom is -0.453 e. The summed E-state index contributed by atoms with van der Waals surface area (Å²) in [6.45, 7) is 21.3. The molecule has 0 bridgehead atoms. The fraction of sp³-hybridized carbons (Fsp3) is 0.688. The number of carbonyl (C=O) groups is 13. The summed E-state index contributed by atoms with van der Waals surface area (Å²) in [6.07, 6.45) is -9.54. The van der Waals surface area contributed by atoms with E-state index in [9.17, 15) is 68.4 Å². The highest BCUT2D eigenvalue weighted by atomic mass is 16.6. The quantitative estimate of drug-likeness (QED) is 0.0207. The van der Waals surface area contributed by atoms with E-state index in [2.05, 4.69) is 52.8 Å². The van der Waals surface area contributed by atoms with E-state index in [1.165, 1.54) is 51.1 Å². The number of amides is 12. The van der Waals surface area contributed by atoms with Crippen molar-refractivity contribution in [1.29, 1.82) is 0 Å². The molecule has 0 spiro atoms. The number of rotatable bonds is 24. The van der Waals surface area contributed by atoms with Gasteiger partial charge in [0.15, 0.2) is 24.2 Å². The van der Waals surface area contributed by atoms with Gasteiger partial charge in [-0.2, -0.15) is 0 Å². The predicted octanol–water partition coefficient (Wildman–Crippen LogP) is -3.48. The molecule has 98 heavy (non-hydrogen) atoms. The Kier molecular flexibility index (Phi) is 34.5. The number of esters is 1. The molecule has 2 rings (SSSR count). The number of alkyl carbamates (subject to hydrolysis) is 1. The Morgan fingerprint density at radius 1 is 0.673 bits per heavy atom. The fourth-order valence-electron chi connectivity index (χ4n) is 10.2. The smallest absolute Gasteiger partial charge is 0.408 e. The van der Waals surface area contributed by atoms with Crippen molar-refractivity contribution in [1.82, 2.24) is 58.5 Å². The summed E-state index contributed by atoms with van der Waals surface area (Å²) in [5.74, 6) is -18.0. The Hall–Kier alpha value is -8.76. The van der Waals surface area contributed by atoms with Crippen LogP contribution in [-0.2, 0) is 67.0 Å². The zero-order valence-corrected chi connectivity index (χ0v) is 58.7. The van der Waals surface area contributed by atoms with Crippen molar-refractivity contribution in [3.63, 3.8) is 0 Å². The van der Waals surface area contributed by atoms with Crippen LogP contribution >= 0.6 is 0 Å². The molecule has 21 N–H and O–H groups in total. The van der Waals surface area contributed by atoms with Gasteiger partial charge in [-0.3, -0.25) is 57.7 Å². The third-order valence-electron chi connectivity index (χ3n) is 15.5. The number of guanidine groups is 1. The number of aliphatic hydroxyl groups is 4. The van der Waals surface area contributed by atoms with E-state index in [1.54, 1.807) is 76.2 Å². The van der Waals surface area contributed by atoms with E-state index in [1.807, 2.05) is 10.6 Å². The summed E-state index contributed by atoms with van der Waals surface area (Å²) in [4.78, 5) is 190. The maximum atomic E-state index is 15.6. The van der Waals surface area contributed by atoms with Gasteiger partial charge in [-0.1, -0.05) is 106 Å². The molecular formula is C64H107N15O19. The van der Waals surface area contributed by atoms with Gasteiger partial charge in [0.2, 0.25) is 65.0 Å². The van der Waals surface area contributed by atoms with Gasteiger partial charge in [-0.05, 0) is 102 Å². The van der Waals surface area contributed by atoms with Gasteiger partial charge in [-0.15, -0.1) is 0 Å². The van der Waals surface area contributed by atoms with Crippen LogP contribution in [0.25, 0.3) is 0 Å². The summed E-state index contributed by atoms with van der Waals surface area (Å²) < 4.78 is 11.5. The molecule has 34 nitrogen and oxygen atoms in total. The topological polar surface area (TPSA) is 544 Å². The van der Waals surface area contributed by atoms with Crippen LogP contribution in [0.3, 0.4) is 0 Å². The Bertz CT molecular complexity index is 2940. The Morgan fingerprint density at radius 3 is 1.74 bits per heavy atom. The maximum absolute atomic E-state index is 15.6. The van der Waals surface area contributed by atoms with E-state index < -0.39 is 204 Å². The molecule has 0 saturated carbocycles. The minimum atomic E-state index is -2.60. The summed E-state index contributed by atoms with van der Waals surface area (Å²) in [6, 6.07) is -10.2. The SMILES string of the molecule is CC[C@H](C)[C@@H]1NC(=O)[C@@H](CCCN=C(N)N)NC(=O)[C@H](CC(C)C)NC(=O)[C@H]([C@H](O)C(C)C)NC(=O)[C@@H](NC(=O)[C@H](CC(C)C)NC(=O)[C@@](C)(CC(C)C)NC(=O)OC(C)(C)C)[C@@H](c2ccccc2)OC(=O)[C@H](CO)NC(=O)[C@H]([C@H](O)C(N)=O)NC(=O)CNC(=O)[C@H]([C@H](C)O)NC1=O. The standard InChI is InChI=1S/C64H107N15O19/c1-16-34(10)42-55(90)76-43(35(11)81)54(89)69-28-41(82)74-45(48(84)50(65)85)57(92)72-40(29-80)59(94)97-49(36-21-18-17-19-22-36)46(78-53(88)39(26-31(4)5)73-60(95)64(15,27-32(6)7)79-62(96)98-63(12,13)14)58(93)77-44(47(83)33(8)9)56(91)71-38(25-30(2)3)52(87)70-37(51(86)75-42)23-20-24-68-61(66)67/h17-19,21-22,30-35,37-40,42-49,80-81,83-84H,16,20,23-29H2,1-15H3,(H2,65,85)(H,69,89)(H,70,87)(H,71,91)(H,72,92)(H,73,95)(H,74,82)(H,75,86)(H,76,90)(H,77,93)(H,78,88)(H,79,96)(H4,66,67,68)/t34-,35-,37+,38-,39-,40-,42-,43-,44-,45-,46-,47+,48-,49+,64+/m0/s1. The Labute approximate surface area is 571 Å². The molecule has 15 atom stereocenters. The molecule has 0 unspecified atom stereocenters. The van der Waals surface area contributed by atoms with Gasteiger partial charge >= 0.3 is 12.1 Å². The monoisotopic (exact) mass is 1390 g/mol. The number of ether oxygens (including phenoxy) is 2. The number of hydrogen-bond acceptors (Lipinski definition) is 20. The highest BCUT2D eigenvalue weighted by molar-refractivity contribution is 6.00. The van der Waals surface area contributed by atoms with E-state index in [0.29, 0.717) is 0 Å². The van der Waals surface area contributed by atoms with Gasteiger partial charge in [0, 0.05) is 6.54 Å². The molecular weight excluding hydrogens is 1280 g/mol. The van der Waals surface area contributed by atoms with Crippen LogP contribution in [0, 0.1) is 29.6 Å². The van der Waals surface area contributed by atoms with E-state index in [-0.39, 0.29) is 62.5 Å². The first-order valence-corrected chi connectivity index (χ1v) is 32.7. The number of nitrogens with two attached hydrogens (primary N) is 3. The van der Waals surface area contributed by atoms with Crippen LogP contribution in [0.1, 0.15) is 154 Å². The average molecular weight is 1390 g/mol. The van der Waals surface area contributed by atoms with Gasteiger partial charge in [0.05, 0.1) is 25.4 Å². The second-order valence-electron chi connectivity index (χ2n) is 27.3. The summed E-state index contributed by atoms with van der Waals surface area (Å²) >= 11 is 0. The lowest BCUT2D eigenvalue weighted by Gasteiger charge is -2.35. The van der Waals surface area contributed by atoms with Crippen LogP contribution in [0.15, 0.2) is 35.3 Å². The predicted molar refractivity (Wildman–Crippen MR) is 356 cm³/mol. The lowest BCUT2D eigenvalue weighted by atomic mass is 9.89. The van der Waals surface area contributed by atoms with Crippen LogP contribution < -0.4 is 75.7 Å². The number of hydrogen-bond donors (Lipinski definition) is 18. The number of primary amides is 1. The van der Waals surface area contributed by atoms with Crippen molar-refractivity contribution >= 4 is 83.0 Å². The number of aliphatic hydroxyl groups excluding tert-OH is 4. The zero-order chi connectivity index (χ0) is 74.9. The first kappa shape index (κ1) is 85.3. The van der Waals surface area contributed by atoms with Crippen molar-refractivity contribution in [3.8, 4) is 0 Å². The van der Waals surface area contributed by atoms with Crippen molar-refractivity contribution in [2.45, 2.75) is 232 Å². The number of nitrogens with one attached hydrogen (secondary N) is 11. The molecule has 0 radical (unpaired) electrons. The molecule has 34 heteroatoms. The van der Waals surface area contributed by atoms with Crippen LogP contribution in [-0.4, -0.2) is 207 Å². The van der Waals surface area contributed by atoms with Crippen molar-refractivity contribution in [2.24, 2.45) is 51.8 Å². The van der Waals surface area contributed by atoms with Crippen LogP contribution in [0.5, 0.6) is 0 Å². The first-order valence-electron chi connectivity index (χ1n) is 32.7. The lowest BCUT2D eigenvalue weighted by molar-refractivity contribution is -0.159. The molecule has 1 heterocycles. The highest BCUT2D eigenvalue weighted by Crippen LogP contribution is 2.26.